The van der Waals surface area contributed by atoms with Gasteiger partial charge in [0.1, 0.15) is 5.75 Å². The maximum atomic E-state index is 5.94. The molecule has 0 amide bonds. The van der Waals surface area contributed by atoms with Crippen molar-refractivity contribution in [2.45, 2.75) is 20.3 Å². The zero-order valence-corrected chi connectivity index (χ0v) is 17.5. The first-order valence-electron chi connectivity index (χ1n) is 9.87. The summed E-state index contributed by atoms with van der Waals surface area (Å²) in [7, 11) is 3.94. The van der Waals surface area contributed by atoms with Gasteiger partial charge in [0.25, 0.3) is 11.6 Å². The molecule has 2 heterocycles. The molecule has 0 aliphatic rings. The van der Waals surface area contributed by atoms with Crippen molar-refractivity contribution in [1.29, 1.82) is 0 Å². The van der Waals surface area contributed by atoms with E-state index in [4.69, 9.17) is 13.9 Å². The minimum atomic E-state index is 0.149. The van der Waals surface area contributed by atoms with Gasteiger partial charge in [-0.3, -0.25) is 0 Å². The smallest absolute Gasteiger partial charge is 0.328 e. The molecule has 2 aromatic heterocycles. The molecule has 0 saturated heterocycles. The van der Waals surface area contributed by atoms with Gasteiger partial charge in [0.05, 0.1) is 6.61 Å². The summed E-state index contributed by atoms with van der Waals surface area (Å²) < 4.78 is 17.7. The van der Waals surface area contributed by atoms with Crippen LogP contribution in [0.1, 0.15) is 18.9 Å². The predicted octanol–water partition coefficient (Wildman–Crippen LogP) is 5.24. The molecule has 0 unspecified atom stereocenters. The van der Waals surface area contributed by atoms with Crippen LogP contribution in [0.2, 0.25) is 0 Å². The van der Waals surface area contributed by atoms with E-state index in [-0.39, 0.29) is 6.01 Å². The molecule has 0 saturated carbocycles. The Morgan fingerprint density at radius 2 is 1.83 bits per heavy atom. The molecule has 0 atom stereocenters. The van der Waals surface area contributed by atoms with Gasteiger partial charge in [0.2, 0.25) is 5.89 Å². The molecule has 7 nitrogen and oxygen atoms in total. The van der Waals surface area contributed by atoms with E-state index in [0.717, 1.165) is 23.2 Å². The van der Waals surface area contributed by atoms with E-state index in [1.807, 2.05) is 81.4 Å². The summed E-state index contributed by atoms with van der Waals surface area (Å²) in [5.74, 6) is 1.44. The lowest BCUT2D eigenvalue weighted by molar-refractivity contribution is 0.302. The highest BCUT2D eigenvalue weighted by Gasteiger charge is 2.18. The molecule has 0 N–H and O–H groups in total. The number of ether oxygens (including phenoxy) is 2. The number of anilines is 1. The fraction of sp³-hybridized carbons (Fsp3) is 0.261. The number of rotatable bonds is 7. The summed E-state index contributed by atoms with van der Waals surface area (Å²) in [5, 5.41) is 0. The van der Waals surface area contributed by atoms with Crippen LogP contribution < -0.4 is 14.4 Å². The summed E-state index contributed by atoms with van der Waals surface area (Å²) in [6, 6.07) is 15.8. The highest BCUT2D eigenvalue weighted by atomic mass is 16.5. The Hall–Kier alpha value is -3.61. The summed E-state index contributed by atoms with van der Waals surface area (Å²) in [6.07, 6.45) is 0.842. The number of nitrogens with zero attached hydrogens (tertiary/aromatic N) is 4. The Morgan fingerprint density at radius 3 is 2.60 bits per heavy atom. The topological polar surface area (TPSA) is 73.5 Å². The van der Waals surface area contributed by atoms with E-state index in [0.29, 0.717) is 35.4 Å². The second kappa shape index (κ2) is 8.41. The lowest BCUT2D eigenvalue weighted by Gasteiger charge is -2.13. The molecular weight excluding hydrogens is 380 g/mol. The number of fused-ring (bicyclic) bond motifs is 1. The number of oxazole rings is 1. The molecule has 0 fully saturated rings. The number of benzene rings is 2. The van der Waals surface area contributed by atoms with Gasteiger partial charge in [-0.2, -0.15) is 9.97 Å². The van der Waals surface area contributed by atoms with Crippen LogP contribution in [0.15, 0.2) is 52.9 Å². The number of aromatic nitrogens is 3. The molecule has 0 spiro atoms. The quantitative estimate of drug-likeness (QED) is 0.417. The van der Waals surface area contributed by atoms with Crippen LogP contribution in [0.5, 0.6) is 17.6 Å². The third-order valence-electron chi connectivity index (χ3n) is 4.46. The minimum Gasteiger partial charge on any atom is -0.476 e. The molecule has 0 bridgehead atoms. The Labute approximate surface area is 175 Å². The van der Waals surface area contributed by atoms with Crippen molar-refractivity contribution in [2.75, 3.05) is 25.6 Å². The maximum Gasteiger partial charge on any atom is 0.328 e. The molecule has 7 heteroatoms. The van der Waals surface area contributed by atoms with E-state index in [9.17, 15) is 0 Å². The Kier molecular flexibility index (Phi) is 5.52. The normalized spacial score (nSPS) is 10.9. The van der Waals surface area contributed by atoms with Gasteiger partial charge in [-0.05, 0) is 37.6 Å². The van der Waals surface area contributed by atoms with E-state index in [1.165, 1.54) is 0 Å². The van der Waals surface area contributed by atoms with Gasteiger partial charge < -0.3 is 18.8 Å². The molecule has 30 heavy (non-hydrogen) atoms. The molecule has 0 aliphatic carbocycles. The second-order valence-corrected chi connectivity index (χ2v) is 7.20. The van der Waals surface area contributed by atoms with E-state index in [2.05, 4.69) is 15.0 Å². The summed E-state index contributed by atoms with van der Waals surface area (Å²) in [4.78, 5) is 15.4. The number of hydrogen-bond donors (Lipinski definition) is 0. The average molecular weight is 404 g/mol. The number of aryl methyl sites for hydroxylation is 1. The maximum absolute atomic E-state index is 5.94. The van der Waals surface area contributed by atoms with Crippen LogP contribution in [0.3, 0.4) is 0 Å². The minimum absolute atomic E-state index is 0.149. The summed E-state index contributed by atoms with van der Waals surface area (Å²) in [6.45, 7) is 4.56. The van der Waals surface area contributed by atoms with Crippen molar-refractivity contribution in [3.05, 3.63) is 54.1 Å². The first-order valence-corrected chi connectivity index (χ1v) is 9.87. The van der Waals surface area contributed by atoms with Gasteiger partial charge in [0.15, 0.2) is 5.52 Å². The van der Waals surface area contributed by atoms with Crippen molar-refractivity contribution >= 4 is 16.9 Å². The van der Waals surface area contributed by atoms with Crippen molar-refractivity contribution in [3.63, 3.8) is 0 Å². The van der Waals surface area contributed by atoms with Crippen molar-refractivity contribution in [3.8, 4) is 29.1 Å². The van der Waals surface area contributed by atoms with Crippen LogP contribution in [0, 0.1) is 6.92 Å². The molecule has 4 aromatic rings. The van der Waals surface area contributed by atoms with Crippen LogP contribution >= 0.6 is 0 Å². The molecule has 0 radical (unpaired) electrons. The lowest BCUT2D eigenvalue weighted by Crippen LogP contribution is -2.08. The van der Waals surface area contributed by atoms with Gasteiger partial charge in [-0.15, -0.1) is 0 Å². The van der Waals surface area contributed by atoms with Crippen LogP contribution in [-0.2, 0) is 0 Å². The molecule has 4 rings (SSSR count). The van der Waals surface area contributed by atoms with Crippen LogP contribution in [-0.4, -0.2) is 35.7 Å². The average Bonchev–Trinajstić information content (AvgIpc) is 3.16. The molecule has 154 valence electrons. The largest absolute Gasteiger partial charge is 0.476 e. The standard InChI is InChI=1S/C23H24N4O3/c1-5-12-28-21-19-22(30-20(24-19)16-9-6-8-15(2)13-16)26-23(25-21)29-18-11-7-10-17(14-18)27(3)4/h6-11,13-14H,5,12H2,1-4H3. The summed E-state index contributed by atoms with van der Waals surface area (Å²) in [5.41, 5.74) is 3.81. The Morgan fingerprint density at radius 1 is 1.00 bits per heavy atom. The van der Waals surface area contributed by atoms with Crippen molar-refractivity contribution in [1.82, 2.24) is 15.0 Å². The van der Waals surface area contributed by atoms with E-state index < -0.39 is 0 Å². The zero-order valence-electron chi connectivity index (χ0n) is 17.5. The van der Waals surface area contributed by atoms with E-state index in [1.54, 1.807) is 0 Å². The van der Waals surface area contributed by atoms with Crippen molar-refractivity contribution < 1.29 is 13.9 Å². The van der Waals surface area contributed by atoms with Gasteiger partial charge in [-0.25, -0.2) is 4.98 Å². The molecular formula is C23H24N4O3. The third-order valence-corrected chi connectivity index (χ3v) is 4.46. The first-order chi connectivity index (χ1) is 14.5. The fourth-order valence-electron chi connectivity index (χ4n) is 2.96. The Balaban J connectivity index is 1.74. The Bertz CT molecular complexity index is 1170. The second-order valence-electron chi connectivity index (χ2n) is 7.20. The van der Waals surface area contributed by atoms with Gasteiger partial charge >= 0.3 is 6.01 Å². The fourth-order valence-corrected chi connectivity index (χ4v) is 2.96. The van der Waals surface area contributed by atoms with Crippen molar-refractivity contribution in [2.24, 2.45) is 0 Å². The molecule has 2 aromatic carbocycles. The predicted molar refractivity (Wildman–Crippen MR) is 116 cm³/mol. The monoisotopic (exact) mass is 404 g/mol. The van der Waals surface area contributed by atoms with Gasteiger partial charge in [0, 0.05) is 31.4 Å². The first kappa shape index (κ1) is 19.7. The van der Waals surface area contributed by atoms with Crippen LogP contribution in [0.4, 0.5) is 5.69 Å². The van der Waals surface area contributed by atoms with Gasteiger partial charge in [-0.1, -0.05) is 30.7 Å². The van der Waals surface area contributed by atoms with E-state index >= 15 is 0 Å². The highest BCUT2D eigenvalue weighted by molar-refractivity contribution is 5.78. The summed E-state index contributed by atoms with van der Waals surface area (Å²) >= 11 is 0. The third kappa shape index (κ3) is 4.20. The SMILES string of the molecule is CCCOc1nc(Oc2cccc(N(C)C)c2)nc2oc(-c3cccc(C)c3)nc12. The van der Waals surface area contributed by atoms with Crippen LogP contribution in [0.25, 0.3) is 22.7 Å². The molecule has 0 aliphatic heterocycles. The zero-order chi connectivity index (χ0) is 21.1. The number of hydrogen-bond acceptors (Lipinski definition) is 7. The highest BCUT2D eigenvalue weighted by Crippen LogP contribution is 2.32. The lowest BCUT2D eigenvalue weighted by atomic mass is 10.1.